The van der Waals surface area contributed by atoms with Crippen LogP contribution in [0.25, 0.3) is 0 Å². The highest BCUT2D eigenvalue weighted by Crippen LogP contribution is 2.19. The van der Waals surface area contributed by atoms with Gasteiger partial charge in [0.2, 0.25) is 0 Å². The number of carbonyl (C=O) groups is 1. The number of nitrogens with zero attached hydrogens (tertiary/aromatic N) is 1. The molecule has 1 aliphatic heterocycles. The van der Waals surface area contributed by atoms with Gasteiger partial charge >= 0.3 is 6.09 Å². The first-order valence-electron chi connectivity index (χ1n) is 5.59. The van der Waals surface area contributed by atoms with E-state index in [-0.39, 0.29) is 6.04 Å². The van der Waals surface area contributed by atoms with Crippen molar-refractivity contribution in [2.24, 2.45) is 4.99 Å². The Labute approximate surface area is 105 Å². The summed E-state index contributed by atoms with van der Waals surface area (Å²) in [7, 11) is 1.29. The van der Waals surface area contributed by atoms with Crippen molar-refractivity contribution in [1.82, 2.24) is 10.9 Å². The normalized spacial score (nSPS) is 18.7. The number of benzene rings is 1. The molecule has 1 aliphatic rings. The fourth-order valence-corrected chi connectivity index (χ4v) is 1.62. The van der Waals surface area contributed by atoms with Gasteiger partial charge in [-0.2, -0.15) is 0 Å². The van der Waals surface area contributed by atoms with Gasteiger partial charge in [-0.3, -0.25) is 10.4 Å². The van der Waals surface area contributed by atoms with Crippen LogP contribution in [0.5, 0.6) is 0 Å². The van der Waals surface area contributed by atoms with Crippen LogP contribution in [0.3, 0.4) is 0 Å². The number of hydrogen-bond acceptors (Lipinski definition) is 5. The van der Waals surface area contributed by atoms with E-state index in [1.807, 2.05) is 30.3 Å². The van der Waals surface area contributed by atoms with E-state index in [0.29, 0.717) is 19.0 Å². The van der Waals surface area contributed by atoms with Gasteiger partial charge in [0, 0.05) is 0 Å². The third kappa shape index (κ3) is 3.21. The van der Waals surface area contributed by atoms with Gasteiger partial charge in [0.15, 0.2) is 0 Å². The van der Waals surface area contributed by atoms with E-state index in [9.17, 15) is 4.79 Å². The molecule has 0 radical (unpaired) electrons. The summed E-state index contributed by atoms with van der Waals surface area (Å²) in [4.78, 5) is 15.4. The molecular formula is C12H15N3O3. The summed E-state index contributed by atoms with van der Waals surface area (Å²) in [5.74, 6) is 0.570. The predicted molar refractivity (Wildman–Crippen MR) is 66.1 cm³/mol. The zero-order valence-electron chi connectivity index (χ0n) is 10.1. The van der Waals surface area contributed by atoms with Crippen molar-refractivity contribution < 1.29 is 14.3 Å². The lowest BCUT2D eigenvalue weighted by Crippen LogP contribution is -2.45. The van der Waals surface area contributed by atoms with E-state index in [4.69, 9.17) is 4.74 Å². The molecule has 2 rings (SSSR count). The Morgan fingerprint density at radius 2 is 2.22 bits per heavy atom. The summed E-state index contributed by atoms with van der Waals surface area (Å²) in [5.41, 5.74) is 6.10. The van der Waals surface area contributed by atoms with E-state index in [1.165, 1.54) is 7.11 Å². The maximum Gasteiger partial charge on any atom is 0.425 e. The molecule has 1 atom stereocenters. The molecule has 0 bridgehead atoms. The maximum absolute atomic E-state index is 10.9. The monoisotopic (exact) mass is 249 g/mol. The summed E-state index contributed by atoms with van der Waals surface area (Å²) in [6, 6.07) is 9.80. The van der Waals surface area contributed by atoms with Crippen LogP contribution >= 0.6 is 0 Å². The number of methoxy groups -OCH3 is 1. The average molecular weight is 249 g/mol. The summed E-state index contributed by atoms with van der Waals surface area (Å²) in [6.07, 6.45) is -0.570. The molecule has 18 heavy (non-hydrogen) atoms. The number of amides is 1. The number of nitrogens with one attached hydrogen (secondary N) is 2. The van der Waals surface area contributed by atoms with Crippen LogP contribution in [0.15, 0.2) is 35.3 Å². The van der Waals surface area contributed by atoms with Crippen LogP contribution in [0.1, 0.15) is 11.6 Å². The Morgan fingerprint density at radius 3 is 2.94 bits per heavy atom. The minimum absolute atomic E-state index is 0.0538. The Balaban J connectivity index is 2.00. The molecule has 0 aromatic heterocycles. The smallest absolute Gasteiger partial charge is 0.425 e. The fourth-order valence-electron chi connectivity index (χ4n) is 1.62. The van der Waals surface area contributed by atoms with Crippen molar-refractivity contribution in [3.63, 3.8) is 0 Å². The number of hydrogen-bond donors (Lipinski definition) is 2. The average Bonchev–Trinajstić information content (AvgIpc) is 2.46. The lowest BCUT2D eigenvalue weighted by Gasteiger charge is -2.21. The van der Waals surface area contributed by atoms with E-state index in [2.05, 4.69) is 20.6 Å². The lowest BCUT2D eigenvalue weighted by atomic mass is 10.1. The van der Waals surface area contributed by atoms with Gasteiger partial charge in [0.1, 0.15) is 18.5 Å². The molecule has 0 saturated heterocycles. The molecular weight excluding hydrogens is 234 g/mol. The van der Waals surface area contributed by atoms with E-state index in [1.54, 1.807) is 0 Å². The number of ether oxygens (including phenoxy) is 2. The second-order valence-electron chi connectivity index (χ2n) is 3.76. The number of carbonyl (C=O) groups excluding carboxylic acids is 1. The standard InChI is InChI=1S/C12H15N3O3/c1-17-12(16)15-14-11-8-18-7-10(13-11)9-5-3-2-4-6-9/h2-6,10H,7-8H2,1H3,(H,13,14)(H,15,16)/t10-/m0/s1. The van der Waals surface area contributed by atoms with Crippen molar-refractivity contribution in [3.05, 3.63) is 35.9 Å². The molecule has 0 unspecified atom stereocenters. The quantitative estimate of drug-likeness (QED) is 0.729. The Kier molecular flexibility index (Phi) is 4.14. The van der Waals surface area contributed by atoms with Crippen LogP contribution in [-0.2, 0) is 9.47 Å². The molecule has 0 saturated carbocycles. The second kappa shape index (κ2) is 6.02. The zero-order chi connectivity index (χ0) is 12.8. The number of amidine groups is 1. The highest BCUT2D eigenvalue weighted by atomic mass is 16.5. The lowest BCUT2D eigenvalue weighted by molar-refractivity contribution is 0.139. The Bertz CT molecular complexity index is 433. The summed E-state index contributed by atoms with van der Waals surface area (Å²) in [5, 5.41) is 0. The van der Waals surface area contributed by atoms with E-state index in [0.717, 1.165) is 5.56 Å². The van der Waals surface area contributed by atoms with Gasteiger partial charge < -0.3 is 9.47 Å². The topological polar surface area (TPSA) is 72.0 Å². The summed E-state index contributed by atoms with van der Waals surface area (Å²) in [6.45, 7) is 0.876. The van der Waals surface area contributed by atoms with Gasteiger partial charge in [0.25, 0.3) is 0 Å². The third-order valence-electron chi connectivity index (χ3n) is 2.50. The highest BCUT2D eigenvalue weighted by Gasteiger charge is 2.17. The summed E-state index contributed by atoms with van der Waals surface area (Å²) >= 11 is 0. The van der Waals surface area contributed by atoms with Crippen LogP contribution < -0.4 is 10.9 Å². The Hall–Kier alpha value is -2.08. The third-order valence-corrected chi connectivity index (χ3v) is 2.50. The van der Waals surface area contributed by atoms with E-state index >= 15 is 0 Å². The first-order valence-corrected chi connectivity index (χ1v) is 5.59. The highest BCUT2D eigenvalue weighted by molar-refractivity contribution is 5.85. The number of rotatable bonds is 1. The molecule has 96 valence electrons. The molecule has 0 fully saturated rings. The largest absolute Gasteiger partial charge is 0.452 e. The molecule has 2 N–H and O–H groups in total. The minimum atomic E-state index is -0.570. The summed E-state index contributed by atoms with van der Waals surface area (Å²) < 4.78 is 9.87. The molecule has 1 amide bonds. The number of aliphatic imine (C=N–C) groups is 1. The Morgan fingerprint density at radius 1 is 1.44 bits per heavy atom. The molecule has 1 aromatic carbocycles. The van der Waals surface area contributed by atoms with Gasteiger partial charge in [-0.25, -0.2) is 10.2 Å². The van der Waals surface area contributed by atoms with Crippen LogP contribution in [0, 0.1) is 0 Å². The van der Waals surface area contributed by atoms with Crippen LogP contribution in [0.4, 0.5) is 4.79 Å². The molecule has 1 heterocycles. The van der Waals surface area contributed by atoms with Gasteiger partial charge in [-0.1, -0.05) is 30.3 Å². The first kappa shape index (κ1) is 12.4. The molecule has 0 spiro atoms. The van der Waals surface area contributed by atoms with Crippen molar-refractivity contribution in [2.75, 3.05) is 20.3 Å². The van der Waals surface area contributed by atoms with Crippen molar-refractivity contribution >= 4 is 11.9 Å². The maximum atomic E-state index is 10.9. The SMILES string of the molecule is COC(=O)NNC1=N[C@H](c2ccccc2)COC1. The van der Waals surface area contributed by atoms with Crippen molar-refractivity contribution in [1.29, 1.82) is 0 Å². The first-order chi connectivity index (χ1) is 8.79. The minimum Gasteiger partial charge on any atom is -0.452 e. The number of hydrazine groups is 1. The van der Waals surface area contributed by atoms with Crippen LogP contribution in [0.2, 0.25) is 0 Å². The van der Waals surface area contributed by atoms with Gasteiger partial charge in [0.05, 0.1) is 13.7 Å². The fraction of sp³-hybridized carbons (Fsp3) is 0.333. The second-order valence-corrected chi connectivity index (χ2v) is 3.76. The zero-order valence-corrected chi connectivity index (χ0v) is 10.1. The van der Waals surface area contributed by atoms with Gasteiger partial charge in [-0.05, 0) is 5.56 Å². The van der Waals surface area contributed by atoms with Gasteiger partial charge in [-0.15, -0.1) is 0 Å². The van der Waals surface area contributed by atoms with Crippen molar-refractivity contribution in [2.45, 2.75) is 6.04 Å². The van der Waals surface area contributed by atoms with E-state index < -0.39 is 6.09 Å². The van der Waals surface area contributed by atoms with Crippen molar-refractivity contribution in [3.8, 4) is 0 Å². The molecule has 6 heteroatoms. The molecule has 1 aromatic rings. The predicted octanol–water partition coefficient (Wildman–Crippen LogP) is 1.02. The molecule has 6 nitrogen and oxygen atoms in total. The van der Waals surface area contributed by atoms with Crippen LogP contribution in [-0.4, -0.2) is 32.3 Å². The molecule has 0 aliphatic carbocycles.